The molecule has 1 unspecified atom stereocenters. The first-order valence-corrected chi connectivity index (χ1v) is 15.5. The summed E-state index contributed by atoms with van der Waals surface area (Å²) in [5.41, 5.74) is 0.590. The molecule has 0 aliphatic carbocycles. The largest absolute Gasteiger partial charge is 0.495 e. The molecule has 0 spiro atoms. The lowest BCUT2D eigenvalue weighted by atomic mass is 10.1. The van der Waals surface area contributed by atoms with Crippen molar-refractivity contribution in [2.45, 2.75) is 31.3 Å². The van der Waals surface area contributed by atoms with Crippen molar-refractivity contribution < 1.29 is 32.2 Å². The zero-order valence-electron chi connectivity index (χ0n) is 24.2. The zero-order chi connectivity index (χ0) is 31.9. The van der Waals surface area contributed by atoms with Gasteiger partial charge >= 0.3 is 0 Å². The van der Waals surface area contributed by atoms with Crippen molar-refractivity contribution in [2.24, 2.45) is 0 Å². The average Bonchev–Trinajstić information content (AvgIpc) is 2.99. The van der Waals surface area contributed by atoms with Crippen LogP contribution in [0.4, 0.5) is 5.69 Å². The van der Waals surface area contributed by atoms with Gasteiger partial charge in [-0.05, 0) is 61.9 Å². The quantitative estimate of drug-likeness (QED) is 0.258. The molecule has 0 fully saturated rings. The van der Waals surface area contributed by atoms with Crippen LogP contribution in [0.2, 0.25) is 15.1 Å². The Kier molecular flexibility index (Phi) is 11.8. The van der Waals surface area contributed by atoms with Crippen LogP contribution >= 0.6 is 34.8 Å². The van der Waals surface area contributed by atoms with E-state index in [0.717, 1.165) is 4.31 Å². The molecule has 3 rings (SSSR count). The molecule has 43 heavy (non-hydrogen) atoms. The Balaban J connectivity index is 2.16. The number of likely N-dealkylation sites (N-methyl/N-ethyl adjacent to an activating group) is 1. The summed E-state index contributed by atoms with van der Waals surface area (Å²) < 4.78 is 45.4. The van der Waals surface area contributed by atoms with E-state index >= 15 is 0 Å². The second kappa shape index (κ2) is 14.9. The maximum absolute atomic E-state index is 14.2. The standard InChI is InChI=1S/C29H32Cl3N3O7S/c1-6-33-29(37)18(2)34(16-19-7-10-22(31)23(32)13-19)28(36)17-35(24-14-20(30)8-11-25(24)40-3)43(38,39)21-9-12-26(41-4)27(15-21)42-5/h7-15,18H,6,16-17H2,1-5H3,(H,33,37). The van der Waals surface area contributed by atoms with Crippen molar-refractivity contribution in [1.29, 1.82) is 0 Å². The van der Waals surface area contributed by atoms with Gasteiger partial charge in [0.2, 0.25) is 11.8 Å². The highest BCUT2D eigenvalue weighted by molar-refractivity contribution is 7.92. The van der Waals surface area contributed by atoms with Crippen molar-refractivity contribution in [1.82, 2.24) is 10.2 Å². The van der Waals surface area contributed by atoms with Crippen LogP contribution in [-0.2, 0) is 26.2 Å². The van der Waals surface area contributed by atoms with Gasteiger partial charge in [-0.15, -0.1) is 0 Å². The van der Waals surface area contributed by atoms with E-state index in [9.17, 15) is 18.0 Å². The van der Waals surface area contributed by atoms with Crippen LogP contribution < -0.4 is 23.8 Å². The predicted octanol–water partition coefficient (Wildman–Crippen LogP) is 5.42. The minimum atomic E-state index is -4.46. The first-order chi connectivity index (χ1) is 20.4. The molecule has 1 N–H and O–H groups in total. The lowest BCUT2D eigenvalue weighted by Crippen LogP contribution is -2.51. The highest BCUT2D eigenvalue weighted by Gasteiger charge is 2.34. The monoisotopic (exact) mass is 671 g/mol. The number of anilines is 1. The number of hydrogen-bond donors (Lipinski definition) is 1. The van der Waals surface area contributed by atoms with E-state index in [4.69, 9.17) is 49.0 Å². The lowest BCUT2D eigenvalue weighted by Gasteiger charge is -2.32. The minimum absolute atomic E-state index is 0.0123. The number of nitrogens with one attached hydrogen (secondary N) is 1. The van der Waals surface area contributed by atoms with E-state index in [1.807, 2.05) is 0 Å². The topological polar surface area (TPSA) is 114 Å². The fourth-order valence-electron chi connectivity index (χ4n) is 4.21. The first-order valence-electron chi connectivity index (χ1n) is 13.0. The number of carbonyl (C=O) groups excluding carboxylic acids is 2. The van der Waals surface area contributed by atoms with Crippen molar-refractivity contribution in [3.8, 4) is 17.2 Å². The van der Waals surface area contributed by atoms with Crippen molar-refractivity contribution in [2.75, 3.05) is 38.7 Å². The fraction of sp³-hybridized carbons (Fsp3) is 0.310. The molecule has 0 aliphatic heterocycles. The zero-order valence-corrected chi connectivity index (χ0v) is 27.3. The Labute approximate surface area is 266 Å². The summed E-state index contributed by atoms with van der Waals surface area (Å²) >= 11 is 18.6. The highest BCUT2D eigenvalue weighted by Crippen LogP contribution is 2.37. The molecule has 3 aromatic carbocycles. The number of carbonyl (C=O) groups is 2. The van der Waals surface area contributed by atoms with Gasteiger partial charge in [-0.3, -0.25) is 13.9 Å². The third-order valence-corrected chi connectivity index (χ3v) is 9.22. The summed E-state index contributed by atoms with van der Waals surface area (Å²) in [7, 11) is -0.297. The predicted molar refractivity (Wildman–Crippen MR) is 167 cm³/mol. The van der Waals surface area contributed by atoms with Gasteiger partial charge < -0.3 is 24.4 Å². The number of sulfonamides is 1. The van der Waals surface area contributed by atoms with E-state index in [1.165, 1.54) is 62.6 Å². The number of amides is 2. The number of halogens is 3. The van der Waals surface area contributed by atoms with E-state index in [1.54, 1.807) is 32.0 Å². The van der Waals surface area contributed by atoms with Crippen LogP contribution in [0, 0.1) is 0 Å². The van der Waals surface area contributed by atoms with Gasteiger partial charge in [0.15, 0.2) is 11.5 Å². The number of methoxy groups -OCH3 is 3. The second-order valence-electron chi connectivity index (χ2n) is 9.19. The number of benzene rings is 3. The average molecular weight is 673 g/mol. The molecule has 3 aromatic rings. The third kappa shape index (κ3) is 7.97. The SMILES string of the molecule is CCNC(=O)C(C)N(Cc1ccc(Cl)c(Cl)c1)C(=O)CN(c1cc(Cl)ccc1OC)S(=O)(=O)c1ccc(OC)c(OC)c1. The molecule has 0 aliphatic rings. The van der Waals surface area contributed by atoms with Gasteiger partial charge in [0.05, 0.1) is 42.0 Å². The van der Waals surface area contributed by atoms with Gasteiger partial charge in [-0.25, -0.2) is 8.42 Å². The molecule has 0 bridgehead atoms. The van der Waals surface area contributed by atoms with Gasteiger partial charge in [0.25, 0.3) is 10.0 Å². The summed E-state index contributed by atoms with van der Waals surface area (Å²) in [5.74, 6) is -0.484. The van der Waals surface area contributed by atoms with Gasteiger partial charge in [-0.1, -0.05) is 40.9 Å². The first kappa shape index (κ1) is 34.1. The van der Waals surface area contributed by atoms with Gasteiger partial charge in [0.1, 0.15) is 18.3 Å². The molecule has 0 radical (unpaired) electrons. The maximum Gasteiger partial charge on any atom is 0.265 e. The molecular formula is C29H32Cl3N3O7S. The summed E-state index contributed by atoms with van der Waals surface area (Å²) in [6.07, 6.45) is 0. The third-order valence-electron chi connectivity index (χ3n) is 6.49. The molecule has 232 valence electrons. The Morgan fingerprint density at radius 2 is 1.51 bits per heavy atom. The van der Waals surface area contributed by atoms with E-state index in [-0.39, 0.29) is 38.7 Å². The minimum Gasteiger partial charge on any atom is -0.495 e. The van der Waals surface area contributed by atoms with Crippen molar-refractivity contribution in [3.63, 3.8) is 0 Å². The van der Waals surface area contributed by atoms with E-state index in [2.05, 4.69) is 5.32 Å². The Morgan fingerprint density at radius 3 is 2.12 bits per heavy atom. The van der Waals surface area contributed by atoms with Crippen LogP contribution in [0.5, 0.6) is 17.2 Å². The Hall–Kier alpha value is -3.38. The number of ether oxygens (including phenoxy) is 3. The van der Waals surface area contributed by atoms with Crippen molar-refractivity contribution in [3.05, 3.63) is 75.2 Å². The number of hydrogen-bond acceptors (Lipinski definition) is 7. The van der Waals surface area contributed by atoms with Gasteiger partial charge in [-0.2, -0.15) is 0 Å². The highest BCUT2D eigenvalue weighted by atomic mass is 35.5. The molecule has 0 heterocycles. The molecule has 14 heteroatoms. The molecule has 0 aromatic heterocycles. The molecular weight excluding hydrogens is 641 g/mol. The van der Waals surface area contributed by atoms with E-state index in [0.29, 0.717) is 22.9 Å². The summed E-state index contributed by atoms with van der Waals surface area (Å²) in [5, 5.41) is 3.49. The normalized spacial score (nSPS) is 11.8. The second-order valence-corrected chi connectivity index (χ2v) is 12.3. The van der Waals surface area contributed by atoms with Crippen LogP contribution in [0.25, 0.3) is 0 Å². The van der Waals surface area contributed by atoms with Crippen LogP contribution in [0.1, 0.15) is 19.4 Å². The summed E-state index contributed by atoms with van der Waals surface area (Å²) in [6.45, 7) is 2.85. The van der Waals surface area contributed by atoms with Gasteiger partial charge in [0, 0.05) is 24.2 Å². The van der Waals surface area contributed by atoms with Crippen LogP contribution in [0.15, 0.2) is 59.5 Å². The molecule has 0 saturated heterocycles. The maximum atomic E-state index is 14.2. The van der Waals surface area contributed by atoms with Crippen LogP contribution in [0.3, 0.4) is 0 Å². The fourth-order valence-corrected chi connectivity index (χ4v) is 6.13. The summed E-state index contributed by atoms with van der Waals surface area (Å²) in [4.78, 5) is 28.1. The molecule has 1 atom stereocenters. The smallest absolute Gasteiger partial charge is 0.265 e. The molecule has 10 nitrogen and oxygen atoms in total. The van der Waals surface area contributed by atoms with E-state index < -0.39 is 34.4 Å². The Morgan fingerprint density at radius 1 is 0.860 bits per heavy atom. The number of rotatable bonds is 13. The van der Waals surface area contributed by atoms with Crippen molar-refractivity contribution >= 4 is 62.3 Å². The number of nitrogens with zero attached hydrogens (tertiary/aromatic N) is 2. The summed E-state index contributed by atoms with van der Waals surface area (Å²) in [6, 6.07) is 12.3. The Bertz CT molecular complexity index is 1590. The molecule has 2 amide bonds. The van der Waals surface area contributed by atoms with Crippen LogP contribution in [-0.4, -0.2) is 65.6 Å². The molecule has 0 saturated carbocycles. The lowest BCUT2D eigenvalue weighted by molar-refractivity contribution is -0.139.